The van der Waals surface area contributed by atoms with E-state index in [2.05, 4.69) is 5.32 Å². The van der Waals surface area contributed by atoms with Gasteiger partial charge in [-0.2, -0.15) is 0 Å². The second-order valence-corrected chi connectivity index (χ2v) is 8.79. The van der Waals surface area contributed by atoms with Gasteiger partial charge in [-0.05, 0) is 49.6 Å². The molecule has 0 aromatic heterocycles. The van der Waals surface area contributed by atoms with E-state index in [0.717, 1.165) is 42.6 Å². The van der Waals surface area contributed by atoms with Crippen LogP contribution in [-0.2, 0) is 4.79 Å². The van der Waals surface area contributed by atoms with Gasteiger partial charge in [0.05, 0.1) is 19.3 Å². The summed E-state index contributed by atoms with van der Waals surface area (Å²) in [6.45, 7) is 2.46. The number of carbonyl (C=O) groups is 1. The van der Waals surface area contributed by atoms with Gasteiger partial charge in [-0.1, -0.05) is 36.8 Å². The summed E-state index contributed by atoms with van der Waals surface area (Å²) in [4.78, 5) is 13.3. The molecule has 2 fully saturated rings. The minimum absolute atomic E-state index is 0.0266. The van der Waals surface area contributed by atoms with Crippen LogP contribution < -0.4 is 19.5 Å². The number of aliphatic hydroxyl groups is 1. The number of hydrogen-bond donors (Lipinski definition) is 2. The Morgan fingerprint density at radius 2 is 2.09 bits per heavy atom. The van der Waals surface area contributed by atoms with Gasteiger partial charge in [-0.3, -0.25) is 4.79 Å². The number of carbonyl (C=O) groups excluding carboxylic acids is 1. The van der Waals surface area contributed by atoms with Gasteiger partial charge >= 0.3 is 0 Å². The topological polar surface area (TPSA) is 77.0 Å². The standard InChI is InChI=1S/C27H29NO5/c1-3-32-22-14-12-17(16-23(22)31-2)11-13-20(29)25-24-18-8-4-5-10-21(18)33-27(28-26(25)30)15-7-6-9-19(24)27/h4-5,8,10-14,16,19,24,29H,3,6-7,9,15H2,1-2H3,(H,28,30)/b13-11+,25-20-/t19-,24-,27-/m1/s1. The third kappa shape index (κ3) is 3.63. The molecule has 6 nitrogen and oxygen atoms in total. The number of para-hydroxylation sites is 1. The lowest BCUT2D eigenvalue weighted by molar-refractivity contribution is -0.140. The Morgan fingerprint density at radius 1 is 1.24 bits per heavy atom. The van der Waals surface area contributed by atoms with Crippen LogP contribution in [0.2, 0.25) is 0 Å². The fourth-order valence-corrected chi connectivity index (χ4v) is 5.52. The molecule has 172 valence electrons. The van der Waals surface area contributed by atoms with E-state index >= 15 is 0 Å². The van der Waals surface area contributed by atoms with E-state index in [1.54, 1.807) is 19.3 Å². The van der Waals surface area contributed by atoms with Crippen LogP contribution >= 0.6 is 0 Å². The average molecular weight is 448 g/mol. The fraction of sp³-hybridized carbons (Fsp3) is 0.370. The number of amides is 1. The molecule has 0 spiro atoms. The number of allylic oxidation sites excluding steroid dienone is 1. The van der Waals surface area contributed by atoms with E-state index in [9.17, 15) is 9.90 Å². The summed E-state index contributed by atoms with van der Waals surface area (Å²) in [6.07, 6.45) is 7.19. The number of hydrogen-bond acceptors (Lipinski definition) is 5. The van der Waals surface area contributed by atoms with Crippen LogP contribution in [0.4, 0.5) is 0 Å². The third-order valence-electron chi connectivity index (χ3n) is 6.94. The number of benzene rings is 2. The Morgan fingerprint density at radius 3 is 2.91 bits per heavy atom. The van der Waals surface area contributed by atoms with E-state index < -0.39 is 5.72 Å². The number of rotatable bonds is 5. The first-order valence-corrected chi connectivity index (χ1v) is 11.6. The maximum absolute atomic E-state index is 13.3. The van der Waals surface area contributed by atoms with Crippen molar-refractivity contribution in [1.82, 2.24) is 5.32 Å². The Labute approximate surface area is 193 Å². The molecule has 2 aliphatic heterocycles. The first kappa shape index (κ1) is 21.4. The zero-order valence-electron chi connectivity index (χ0n) is 19.0. The molecule has 2 N–H and O–H groups in total. The van der Waals surface area contributed by atoms with E-state index in [1.165, 1.54) is 0 Å². The maximum atomic E-state index is 13.3. The highest BCUT2D eigenvalue weighted by Crippen LogP contribution is 2.55. The van der Waals surface area contributed by atoms with Gasteiger partial charge < -0.3 is 24.6 Å². The number of aliphatic hydroxyl groups excluding tert-OH is 1. The quantitative estimate of drug-likeness (QED) is 0.492. The Balaban J connectivity index is 1.54. The van der Waals surface area contributed by atoms with Gasteiger partial charge in [0.25, 0.3) is 5.91 Å². The summed E-state index contributed by atoms with van der Waals surface area (Å²) >= 11 is 0. The van der Waals surface area contributed by atoms with Crippen molar-refractivity contribution in [3.8, 4) is 17.2 Å². The molecule has 0 radical (unpaired) electrons. The molecule has 5 rings (SSSR count). The molecule has 33 heavy (non-hydrogen) atoms. The van der Waals surface area contributed by atoms with Gasteiger partial charge in [-0.15, -0.1) is 0 Å². The molecule has 1 saturated carbocycles. The van der Waals surface area contributed by atoms with Gasteiger partial charge in [0, 0.05) is 23.8 Å². The predicted octanol–water partition coefficient (Wildman–Crippen LogP) is 5.11. The molecule has 6 heteroatoms. The molecule has 2 heterocycles. The number of ether oxygens (including phenoxy) is 3. The second kappa shape index (κ2) is 8.50. The molecular formula is C27H29NO5. The van der Waals surface area contributed by atoms with Crippen LogP contribution in [-0.4, -0.2) is 30.5 Å². The molecule has 3 atom stereocenters. The molecule has 1 saturated heterocycles. The van der Waals surface area contributed by atoms with Crippen LogP contribution in [0.5, 0.6) is 17.2 Å². The van der Waals surface area contributed by atoms with Crippen LogP contribution in [0, 0.1) is 5.92 Å². The van der Waals surface area contributed by atoms with Crippen molar-refractivity contribution in [2.75, 3.05) is 13.7 Å². The molecule has 1 aliphatic carbocycles. The first-order chi connectivity index (χ1) is 16.1. The number of fused-ring (bicyclic) bond motifs is 2. The Hall–Kier alpha value is -3.41. The van der Waals surface area contributed by atoms with Crippen molar-refractivity contribution in [3.05, 3.63) is 71.0 Å². The van der Waals surface area contributed by atoms with E-state index in [4.69, 9.17) is 14.2 Å². The molecule has 2 aromatic carbocycles. The van der Waals surface area contributed by atoms with E-state index in [0.29, 0.717) is 23.7 Å². The molecule has 2 aromatic rings. The van der Waals surface area contributed by atoms with Crippen LogP contribution in [0.15, 0.2) is 59.9 Å². The summed E-state index contributed by atoms with van der Waals surface area (Å²) in [5, 5.41) is 14.3. The SMILES string of the molecule is CCOc1ccc(/C=C/C(O)=C2/C(=O)N[C@@]34CCCC[C@@H]3[C@H]2c2ccccc2O4)cc1OC. The van der Waals surface area contributed by atoms with Crippen LogP contribution in [0.3, 0.4) is 0 Å². The molecule has 0 unspecified atom stereocenters. The van der Waals surface area contributed by atoms with Crippen molar-refractivity contribution < 1.29 is 24.1 Å². The van der Waals surface area contributed by atoms with Gasteiger partial charge in [-0.25, -0.2) is 0 Å². The van der Waals surface area contributed by atoms with Crippen molar-refractivity contribution in [1.29, 1.82) is 0 Å². The largest absolute Gasteiger partial charge is 0.507 e. The van der Waals surface area contributed by atoms with Crippen LogP contribution in [0.1, 0.15) is 49.7 Å². The van der Waals surface area contributed by atoms with Gasteiger partial charge in [0.1, 0.15) is 11.5 Å². The summed E-state index contributed by atoms with van der Waals surface area (Å²) in [7, 11) is 1.59. The number of piperidine rings is 1. The molecular weight excluding hydrogens is 418 g/mol. The predicted molar refractivity (Wildman–Crippen MR) is 125 cm³/mol. The number of methoxy groups -OCH3 is 1. The highest BCUT2D eigenvalue weighted by Gasteiger charge is 2.57. The number of nitrogens with one attached hydrogen (secondary N) is 1. The van der Waals surface area contributed by atoms with Gasteiger partial charge in [0.15, 0.2) is 17.2 Å². The molecule has 2 bridgehead atoms. The Kier molecular flexibility index (Phi) is 5.52. The smallest absolute Gasteiger partial charge is 0.254 e. The van der Waals surface area contributed by atoms with Crippen molar-refractivity contribution in [2.24, 2.45) is 5.92 Å². The fourth-order valence-electron chi connectivity index (χ4n) is 5.52. The normalized spacial score (nSPS) is 27.2. The van der Waals surface area contributed by atoms with Crippen LogP contribution in [0.25, 0.3) is 6.08 Å². The highest BCUT2D eigenvalue weighted by molar-refractivity contribution is 5.98. The minimum Gasteiger partial charge on any atom is -0.507 e. The monoisotopic (exact) mass is 447 g/mol. The third-order valence-corrected chi connectivity index (χ3v) is 6.94. The lowest BCUT2D eigenvalue weighted by Crippen LogP contribution is -2.66. The zero-order valence-corrected chi connectivity index (χ0v) is 19.0. The van der Waals surface area contributed by atoms with E-state index in [-0.39, 0.29) is 23.5 Å². The van der Waals surface area contributed by atoms with Crippen molar-refractivity contribution in [3.63, 3.8) is 0 Å². The summed E-state index contributed by atoms with van der Waals surface area (Å²) < 4.78 is 17.4. The minimum atomic E-state index is -0.690. The highest BCUT2D eigenvalue weighted by atomic mass is 16.5. The lowest BCUT2D eigenvalue weighted by Gasteiger charge is -2.54. The molecule has 1 amide bonds. The molecule has 3 aliphatic rings. The Bertz CT molecular complexity index is 1140. The summed E-state index contributed by atoms with van der Waals surface area (Å²) in [6, 6.07) is 13.4. The lowest BCUT2D eigenvalue weighted by atomic mass is 9.64. The van der Waals surface area contributed by atoms with Crippen molar-refractivity contribution in [2.45, 2.75) is 44.2 Å². The second-order valence-electron chi connectivity index (χ2n) is 8.79. The maximum Gasteiger partial charge on any atom is 0.254 e. The first-order valence-electron chi connectivity index (χ1n) is 11.6. The zero-order chi connectivity index (χ0) is 23.0. The van der Waals surface area contributed by atoms with E-state index in [1.807, 2.05) is 49.4 Å². The van der Waals surface area contributed by atoms with Crippen molar-refractivity contribution >= 4 is 12.0 Å². The average Bonchev–Trinajstić information content (AvgIpc) is 2.82. The summed E-state index contributed by atoms with van der Waals surface area (Å²) in [5.74, 6) is 1.66. The summed E-state index contributed by atoms with van der Waals surface area (Å²) in [5.41, 5.74) is 1.51. The van der Waals surface area contributed by atoms with Gasteiger partial charge in [0.2, 0.25) is 0 Å².